The number of fused-ring (bicyclic) bond motifs is 2. The van der Waals surface area contributed by atoms with Crippen LogP contribution in [0, 0.1) is 0 Å². The van der Waals surface area contributed by atoms with E-state index in [0.717, 1.165) is 4.90 Å². The van der Waals surface area contributed by atoms with Crippen molar-refractivity contribution in [2.75, 3.05) is 58.5 Å². The second-order valence-corrected chi connectivity index (χ2v) is 11.1. The van der Waals surface area contributed by atoms with Crippen LogP contribution < -0.4 is 4.90 Å². The highest BCUT2D eigenvalue weighted by Crippen LogP contribution is 2.53. The summed E-state index contributed by atoms with van der Waals surface area (Å²) in [5.74, 6) is -3.09. The van der Waals surface area contributed by atoms with Gasteiger partial charge in [-0.05, 0) is 30.3 Å². The largest absolute Gasteiger partial charge is 0.507 e. The number of ketones is 1. The van der Waals surface area contributed by atoms with E-state index in [1.54, 1.807) is 24.3 Å². The van der Waals surface area contributed by atoms with Crippen LogP contribution in [0.5, 0.6) is 0 Å². The van der Waals surface area contributed by atoms with Crippen molar-refractivity contribution in [3.63, 3.8) is 0 Å². The highest BCUT2D eigenvalue weighted by atomic mass is 32.2. The van der Waals surface area contributed by atoms with E-state index in [4.69, 9.17) is 9.47 Å². The molecule has 1 N–H and O–H groups in total. The zero-order chi connectivity index (χ0) is 27.2. The monoisotopic (exact) mass is 541 g/mol. The number of methoxy groups -OCH3 is 1. The summed E-state index contributed by atoms with van der Waals surface area (Å²) in [4.78, 5) is 43.0. The van der Waals surface area contributed by atoms with Crippen LogP contribution in [0.25, 0.3) is 5.76 Å². The summed E-state index contributed by atoms with van der Waals surface area (Å²) in [6.45, 7) is 1.04. The highest BCUT2D eigenvalue weighted by Gasteiger charge is 2.66. The number of Topliss-reactive ketones (excluding diaryl/α,β-unsaturated/α-hetero) is 1. The summed E-state index contributed by atoms with van der Waals surface area (Å²) in [6.07, 6.45) is 0. The maximum Gasteiger partial charge on any atom is 0.296 e. The Hall–Kier alpha value is -3.58. The number of anilines is 1. The molecule has 0 aromatic heterocycles. The topological polar surface area (TPSA) is 134 Å². The molecule has 2 fully saturated rings. The zero-order valence-corrected chi connectivity index (χ0v) is 21.7. The number of carbonyl (C=O) groups excluding carboxylic acids is 3. The molecule has 3 aliphatic heterocycles. The van der Waals surface area contributed by atoms with Crippen LogP contribution in [0.15, 0.2) is 59.0 Å². The summed E-state index contributed by atoms with van der Waals surface area (Å²) in [6, 6.07) is 12.1. The molecule has 1 unspecified atom stereocenters. The minimum atomic E-state index is -3.79. The third-order valence-electron chi connectivity index (χ3n) is 7.19. The maximum atomic E-state index is 13.9. The number of aliphatic hydroxyl groups excluding tert-OH is 1. The third-order valence-corrected chi connectivity index (χ3v) is 9.11. The standard InChI is InChI=1S/C26H27N3O8S/c1-27-20-6-4-3-5-19(20)26(25(27)33)21(23(31)24(32)29(26)13-14-36-2)22(30)17-7-9-18(10-8-17)38(34,35)28-11-15-37-16-12-28/h3-10,30H,11-16H2,1-2H3/b22-21+. The Morgan fingerprint density at radius 3 is 2.37 bits per heavy atom. The van der Waals surface area contributed by atoms with Crippen LogP contribution in [0.1, 0.15) is 11.1 Å². The van der Waals surface area contributed by atoms with E-state index in [9.17, 15) is 27.9 Å². The van der Waals surface area contributed by atoms with Crippen molar-refractivity contribution >= 4 is 39.1 Å². The summed E-state index contributed by atoms with van der Waals surface area (Å²) < 4.78 is 37.7. The molecule has 5 rings (SSSR count). The van der Waals surface area contributed by atoms with E-state index in [1.165, 1.54) is 47.6 Å². The Morgan fingerprint density at radius 2 is 1.71 bits per heavy atom. The molecule has 3 aliphatic rings. The first-order valence-corrected chi connectivity index (χ1v) is 13.5. The number of para-hydroxylation sites is 1. The van der Waals surface area contributed by atoms with Gasteiger partial charge in [0.05, 0.1) is 30.3 Å². The molecule has 38 heavy (non-hydrogen) atoms. The molecule has 2 amide bonds. The molecule has 0 aliphatic carbocycles. The number of morpholine rings is 1. The molecule has 2 aromatic rings. The van der Waals surface area contributed by atoms with Gasteiger partial charge in [-0.25, -0.2) is 8.42 Å². The lowest BCUT2D eigenvalue weighted by Gasteiger charge is -2.34. The van der Waals surface area contributed by atoms with Crippen LogP contribution >= 0.6 is 0 Å². The molecule has 1 spiro atoms. The number of amides is 2. The fourth-order valence-electron chi connectivity index (χ4n) is 5.32. The van der Waals surface area contributed by atoms with E-state index in [2.05, 4.69) is 0 Å². The molecule has 2 saturated heterocycles. The Balaban J connectivity index is 1.65. The van der Waals surface area contributed by atoms with Gasteiger partial charge in [0.1, 0.15) is 5.76 Å². The molecule has 2 aromatic carbocycles. The van der Waals surface area contributed by atoms with Crippen LogP contribution in [0.4, 0.5) is 5.69 Å². The van der Waals surface area contributed by atoms with Gasteiger partial charge in [0, 0.05) is 50.6 Å². The van der Waals surface area contributed by atoms with Crippen LogP contribution in [0.3, 0.4) is 0 Å². The lowest BCUT2D eigenvalue weighted by Crippen LogP contribution is -2.52. The fraction of sp³-hybridized carbons (Fsp3) is 0.346. The maximum absolute atomic E-state index is 13.9. The molecular weight excluding hydrogens is 514 g/mol. The second-order valence-electron chi connectivity index (χ2n) is 9.13. The van der Waals surface area contributed by atoms with E-state index in [1.807, 2.05) is 0 Å². The summed E-state index contributed by atoms with van der Waals surface area (Å²) >= 11 is 0. The number of sulfonamides is 1. The molecule has 11 nitrogen and oxygen atoms in total. The van der Waals surface area contributed by atoms with E-state index in [-0.39, 0.29) is 42.3 Å². The van der Waals surface area contributed by atoms with E-state index in [0.29, 0.717) is 24.5 Å². The molecule has 1 atom stereocenters. The zero-order valence-electron chi connectivity index (χ0n) is 20.9. The first-order valence-electron chi connectivity index (χ1n) is 12.0. The van der Waals surface area contributed by atoms with E-state index < -0.39 is 38.9 Å². The average Bonchev–Trinajstić information content (AvgIpc) is 3.30. The Bertz CT molecular complexity index is 1450. The van der Waals surface area contributed by atoms with Crippen molar-refractivity contribution in [3.05, 3.63) is 65.2 Å². The van der Waals surface area contributed by atoms with Gasteiger partial charge < -0.3 is 24.4 Å². The number of likely N-dealkylation sites (N-methyl/N-ethyl adjacent to an activating group) is 1. The Labute approximate surface area is 219 Å². The molecular formula is C26H27N3O8S. The molecule has 0 saturated carbocycles. The third kappa shape index (κ3) is 3.67. The van der Waals surface area contributed by atoms with E-state index >= 15 is 0 Å². The molecule has 12 heteroatoms. The van der Waals surface area contributed by atoms with Crippen LogP contribution in [-0.4, -0.2) is 93.9 Å². The smallest absolute Gasteiger partial charge is 0.296 e. The number of carbonyl (C=O) groups is 3. The van der Waals surface area contributed by atoms with Crippen molar-refractivity contribution in [1.29, 1.82) is 0 Å². The van der Waals surface area contributed by atoms with Gasteiger partial charge in [-0.1, -0.05) is 18.2 Å². The summed E-state index contributed by atoms with van der Waals surface area (Å²) in [5.41, 5.74) is -1.28. The average molecular weight is 542 g/mol. The van der Waals surface area contributed by atoms with Crippen molar-refractivity contribution < 1.29 is 37.4 Å². The Kier molecular flexibility index (Phi) is 6.59. The lowest BCUT2D eigenvalue weighted by molar-refractivity contribution is -0.144. The number of hydrogen-bond donors (Lipinski definition) is 1. The summed E-state index contributed by atoms with van der Waals surface area (Å²) in [7, 11) is -0.812. The predicted octanol–water partition coefficient (Wildman–Crippen LogP) is 0.906. The number of nitrogens with zero attached hydrogens (tertiary/aromatic N) is 3. The van der Waals surface area contributed by atoms with Gasteiger partial charge in [0.15, 0.2) is 5.54 Å². The van der Waals surface area contributed by atoms with Crippen molar-refractivity contribution in [2.45, 2.75) is 10.4 Å². The van der Waals surface area contributed by atoms with Gasteiger partial charge >= 0.3 is 0 Å². The second kappa shape index (κ2) is 9.62. The van der Waals surface area contributed by atoms with Crippen molar-refractivity contribution in [1.82, 2.24) is 9.21 Å². The SMILES string of the molecule is COCCN1C(=O)C(=O)/C(=C(\O)c2ccc(S(=O)(=O)N3CCOCC3)cc2)C12C(=O)N(C)c1ccccc12. The van der Waals surface area contributed by atoms with Gasteiger partial charge in [0.2, 0.25) is 10.0 Å². The van der Waals surface area contributed by atoms with Gasteiger partial charge in [-0.3, -0.25) is 14.4 Å². The van der Waals surface area contributed by atoms with Gasteiger partial charge in [0.25, 0.3) is 17.6 Å². The highest BCUT2D eigenvalue weighted by molar-refractivity contribution is 7.89. The number of hydrogen-bond acceptors (Lipinski definition) is 8. The minimum absolute atomic E-state index is 0.00762. The van der Waals surface area contributed by atoms with Crippen molar-refractivity contribution in [3.8, 4) is 0 Å². The number of ether oxygens (including phenoxy) is 2. The molecule has 0 bridgehead atoms. The van der Waals surface area contributed by atoms with Gasteiger partial charge in [-0.2, -0.15) is 4.31 Å². The number of likely N-dealkylation sites (tertiary alicyclic amines) is 1. The molecule has 0 radical (unpaired) electrons. The molecule has 200 valence electrons. The van der Waals surface area contributed by atoms with Crippen LogP contribution in [0.2, 0.25) is 0 Å². The first kappa shape index (κ1) is 26.0. The fourth-order valence-corrected chi connectivity index (χ4v) is 6.73. The normalized spacial score (nSPS) is 23.5. The molecule has 3 heterocycles. The number of rotatable bonds is 6. The minimum Gasteiger partial charge on any atom is -0.507 e. The number of aliphatic hydroxyl groups is 1. The Morgan fingerprint density at radius 1 is 1.05 bits per heavy atom. The quantitative estimate of drug-likeness (QED) is 0.324. The predicted molar refractivity (Wildman–Crippen MR) is 136 cm³/mol. The first-order chi connectivity index (χ1) is 18.2. The van der Waals surface area contributed by atoms with Gasteiger partial charge in [-0.15, -0.1) is 0 Å². The number of benzene rings is 2. The lowest BCUT2D eigenvalue weighted by atomic mass is 9.82. The summed E-state index contributed by atoms with van der Waals surface area (Å²) in [5, 5.41) is 11.5. The van der Waals surface area contributed by atoms with Crippen molar-refractivity contribution in [2.24, 2.45) is 0 Å². The van der Waals surface area contributed by atoms with Crippen LogP contribution in [-0.2, 0) is 39.4 Å².